The molecule has 6 N–H and O–H groups in total. The van der Waals surface area contributed by atoms with Gasteiger partial charge in [0, 0.05) is 41.5 Å². The normalized spacial score (nSPS) is 10.5. The Kier molecular flexibility index (Phi) is 6.72. The Hall–Kier alpha value is -4.27. The smallest absolute Gasteiger partial charge is 0.261 e. The minimum atomic E-state index is -1.15. The zero-order valence-electron chi connectivity index (χ0n) is 18.3. The van der Waals surface area contributed by atoms with Gasteiger partial charge in [-0.1, -0.05) is 11.6 Å². The van der Waals surface area contributed by atoms with Crippen molar-refractivity contribution in [1.82, 2.24) is 0 Å². The first kappa shape index (κ1) is 23.4. The van der Waals surface area contributed by atoms with Gasteiger partial charge in [-0.25, -0.2) is 8.78 Å². The van der Waals surface area contributed by atoms with Gasteiger partial charge in [-0.05, 0) is 43.3 Å². The third kappa shape index (κ3) is 4.52. The first-order chi connectivity index (χ1) is 15.7. The van der Waals surface area contributed by atoms with Crippen LogP contribution >= 0.6 is 0 Å². The fraction of sp³-hybridized carbons (Fsp3) is 0.125. The van der Waals surface area contributed by atoms with Crippen LogP contribution in [-0.2, 0) is 0 Å². The predicted octanol–water partition coefficient (Wildman–Crippen LogP) is 4.57. The number of ether oxygens (including phenoxy) is 1. The van der Waals surface area contributed by atoms with E-state index in [-0.39, 0.29) is 28.3 Å². The van der Waals surface area contributed by atoms with Crippen molar-refractivity contribution in [2.24, 2.45) is 0 Å². The molecule has 0 unspecified atom stereocenters. The van der Waals surface area contributed by atoms with Gasteiger partial charge in [-0.15, -0.1) is 0 Å². The van der Waals surface area contributed by atoms with E-state index in [2.05, 4.69) is 10.6 Å². The number of hydrogen-bond donors (Lipinski definition) is 5. The molecule has 0 radical (unpaired) electrons. The quantitative estimate of drug-likeness (QED) is 0.267. The number of nitrogens with two attached hydrogens (primary N) is 1. The Balaban J connectivity index is 1.99. The van der Waals surface area contributed by atoms with E-state index in [1.54, 1.807) is 12.1 Å². The molecule has 0 saturated heterocycles. The van der Waals surface area contributed by atoms with Crippen LogP contribution in [0.1, 0.15) is 32.6 Å². The van der Waals surface area contributed by atoms with E-state index < -0.39 is 23.1 Å². The van der Waals surface area contributed by atoms with Crippen molar-refractivity contribution in [1.29, 1.82) is 10.8 Å². The standard InChI is InChI=1S/C24H23F2N5O2/c1-12-4-7-20(33-3)15(8-12)23(29)14-9-13(5-6-18(14)28)31-24(32)21-17(25)10-19(30-2)16(11-27)22(21)26/h4-11,27,29-30H,28H2,1-3H3,(H,31,32). The zero-order valence-corrected chi connectivity index (χ0v) is 18.3. The minimum absolute atomic E-state index is 0.0480. The second-order valence-corrected chi connectivity index (χ2v) is 7.24. The average Bonchev–Trinajstić information content (AvgIpc) is 2.79. The lowest BCUT2D eigenvalue weighted by Crippen LogP contribution is -2.18. The van der Waals surface area contributed by atoms with E-state index >= 15 is 0 Å². The van der Waals surface area contributed by atoms with Crippen LogP contribution in [0.15, 0.2) is 42.5 Å². The van der Waals surface area contributed by atoms with Crippen LogP contribution in [0.4, 0.5) is 25.8 Å². The van der Waals surface area contributed by atoms with Crippen molar-refractivity contribution in [2.75, 3.05) is 30.5 Å². The lowest BCUT2D eigenvalue weighted by Gasteiger charge is -2.15. The molecule has 33 heavy (non-hydrogen) atoms. The van der Waals surface area contributed by atoms with Crippen molar-refractivity contribution >= 4 is 34.9 Å². The van der Waals surface area contributed by atoms with Crippen molar-refractivity contribution in [2.45, 2.75) is 6.92 Å². The topological polar surface area (TPSA) is 124 Å². The molecule has 0 heterocycles. The van der Waals surface area contributed by atoms with E-state index in [9.17, 15) is 13.6 Å². The van der Waals surface area contributed by atoms with Gasteiger partial charge in [0.25, 0.3) is 5.91 Å². The largest absolute Gasteiger partial charge is 0.496 e. The Labute approximate surface area is 189 Å². The number of benzene rings is 3. The minimum Gasteiger partial charge on any atom is -0.496 e. The molecule has 3 rings (SSSR count). The second-order valence-electron chi connectivity index (χ2n) is 7.24. The molecule has 3 aromatic carbocycles. The summed E-state index contributed by atoms with van der Waals surface area (Å²) in [7, 11) is 2.95. The molecule has 0 aliphatic carbocycles. The van der Waals surface area contributed by atoms with Gasteiger partial charge in [0.2, 0.25) is 0 Å². The monoisotopic (exact) mass is 451 g/mol. The number of carbonyl (C=O) groups is 1. The molecule has 0 fully saturated rings. The Bertz CT molecular complexity index is 1270. The van der Waals surface area contributed by atoms with E-state index in [1.807, 2.05) is 13.0 Å². The third-order valence-electron chi connectivity index (χ3n) is 5.10. The fourth-order valence-corrected chi connectivity index (χ4v) is 3.40. The summed E-state index contributed by atoms with van der Waals surface area (Å²) in [5.41, 5.74) is 7.32. The number of rotatable bonds is 7. The first-order valence-corrected chi connectivity index (χ1v) is 9.86. The van der Waals surface area contributed by atoms with Gasteiger partial charge >= 0.3 is 0 Å². The number of carbonyl (C=O) groups excluding carboxylic acids is 1. The Morgan fingerprint density at radius 3 is 2.48 bits per heavy atom. The molecule has 0 bridgehead atoms. The summed E-state index contributed by atoms with van der Waals surface area (Å²) in [5.74, 6) is -2.79. The van der Waals surface area contributed by atoms with Gasteiger partial charge in [0.05, 0.1) is 18.4 Å². The summed E-state index contributed by atoms with van der Waals surface area (Å²) in [5, 5.41) is 21.1. The van der Waals surface area contributed by atoms with Crippen LogP contribution < -0.4 is 21.1 Å². The van der Waals surface area contributed by atoms with Crippen molar-refractivity contribution in [3.05, 3.63) is 81.9 Å². The lowest BCUT2D eigenvalue weighted by molar-refractivity contribution is 0.101. The number of hydrogen-bond acceptors (Lipinski definition) is 6. The average molecular weight is 451 g/mol. The van der Waals surface area contributed by atoms with Crippen LogP contribution in [0.3, 0.4) is 0 Å². The van der Waals surface area contributed by atoms with Gasteiger partial charge in [0.15, 0.2) is 0 Å². The molecular formula is C24H23F2N5O2. The summed E-state index contributed by atoms with van der Waals surface area (Å²) in [4.78, 5) is 12.7. The van der Waals surface area contributed by atoms with Gasteiger partial charge in [-0.3, -0.25) is 10.2 Å². The van der Waals surface area contributed by atoms with E-state index in [4.69, 9.17) is 21.3 Å². The third-order valence-corrected chi connectivity index (χ3v) is 5.10. The van der Waals surface area contributed by atoms with Gasteiger partial charge in [0.1, 0.15) is 22.9 Å². The number of amides is 1. The van der Waals surface area contributed by atoms with Crippen LogP contribution in [-0.4, -0.2) is 32.0 Å². The van der Waals surface area contributed by atoms with Gasteiger partial charge in [-0.2, -0.15) is 0 Å². The molecular weight excluding hydrogens is 428 g/mol. The molecule has 0 aromatic heterocycles. The Morgan fingerprint density at radius 2 is 1.85 bits per heavy atom. The fourth-order valence-electron chi connectivity index (χ4n) is 3.40. The molecule has 0 spiro atoms. The first-order valence-electron chi connectivity index (χ1n) is 9.86. The van der Waals surface area contributed by atoms with E-state index in [1.165, 1.54) is 32.4 Å². The number of anilines is 3. The highest BCUT2D eigenvalue weighted by atomic mass is 19.1. The van der Waals surface area contributed by atoms with Crippen LogP contribution in [0.2, 0.25) is 0 Å². The van der Waals surface area contributed by atoms with E-state index in [0.29, 0.717) is 23.1 Å². The lowest BCUT2D eigenvalue weighted by atomic mass is 9.98. The number of methoxy groups -OCH3 is 1. The Morgan fingerprint density at radius 1 is 1.12 bits per heavy atom. The molecule has 0 saturated carbocycles. The van der Waals surface area contributed by atoms with Crippen molar-refractivity contribution < 1.29 is 18.3 Å². The maximum absolute atomic E-state index is 14.8. The number of halogens is 2. The molecule has 0 aliphatic heterocycles. The highest BCUT2D eigenvalue weighted by Gasteiger charge is 2.23. The molecule has 7 nitrogen and oxygen atoms in total. The maximum Gasteiger partial charge on any atom is 0.261 e. The summed E-state index contributed by atoms with van der Waals surface area (Å²) in [6.45, 7) is 1.88. The van der Waals surface area contributed by atoms with E-state index in [0.717, 1.165) is 11.6 Å². The number of aryl methyl sites for hydroxylation is 1. The SMILES string of the molecule is CNc1cc(F)c(C(=O)Nc2ccc(N)c(C(=N)c3cc(C)ccc3OC)c2)c(F)c1C=N. The molecule has 0 aliphatic rings. The molecule has 0 atom stereocenters. The van der Waals surface area contributed by atoms with Crippen LogP contribution in [0.25, 0.3) is 0 Å². The summed E-state index contributed by atoms with van der Waals surface area (Å²) in [6, 6.07) is 10.7. The maximum atomic E-state index is 14.8. The van der Waals surface area contributed by atoms with Crippen LogP contribution in [0, 0.1) is 29.4 Å². The van der Waals surface area contributed by atoms with Crippen molar-refractivity contribution in [3.63, 3.8) is 0 Å². The second kappa shape index (κ2) is 9.47. The molecule has 3 aromatic rings. The predicted molar refractivity (Wildman–Crippen MR) is 126 cm³/mol. The highest BCUT2D eigenvalue weighted by Crippen LogP contribution is 2.28. The number of nitrogens with one attached hydrogen (secondary N) is 4. The molecule has 170 valence electrons. The highest BCUT2D eigenvalue weighted by molar-refractivity contribution is 6.16. The molecule has 1 amide bonds. The number of nitrogen functional groups attached to an aromatic ring is 1. The van der Waals surface area contributed by atoms with Crippen molar-refractivity contribution in [3.8, 4) is 5.75 Å². The van der Waals surface area contributed by atoms with Gasteiger partial charge < -0.3 is 26.5 Å². The summed E-state index contributed by atoms with van der Waals surface area (Å²) < 4.78 is 34.6. The van der Waals surface area contributed by atoms with Crippen LogP contribution in [0.5, 0.6) is 5.75 Å². The molecule has 9 heteroatoms. The summed E-state index contributed by atoms with van der Waals surface area (Å²) >= 11 is 0. The summed E-state index contributed by atoms with van der Waals surface area (Å²) in [6.07, 6.45) is 0.704. The zero-order chi connectivity index (χ0) is 24.3.